The van der Waals surface area contributed by atoms with Crippen molar-refractivity contribution in [3.05, 3.63) is 35.1 Å². The number of rotatable bonds is 3. The van der Waals surface area contributed by atoms with Crippen molar-refractivity contribution >= 4 is 5.91 Å². The molecule has 1 amide bonds. The highest BCUT2D eigenvalue weighted by Crippen LogP contribution is 2.32. The Hall–Kier alpha value is -1.63. The third-order valence-electron chi connectivity index (χ3n) is 3.37. The SMILES string of the molecule is CN(CC1CCCO1)C(=O)c1ccc(F)c(C(F)(F)F)c1. The number of hydrogen-bond acceptors (Lipinski definition) is 2. The number of ether oxygens (including phenoxy) is 1. The van der Waals surface area contributed by atoms with Gasteiger partial charge in [-0.1, -0.05) is 0 Å². The average molecular weight is 305 g/mol. The molecule has 1 aliphatic heterocycles. The number of benzene rings is 1. The lowest BCUT2D eigenvalue weighted by Gasteiger charge is -2.21. The fraction of sp³-hybridized carbons (Fsp3) is 0.500. The number of amides is 1. The minimum Gasteiger partial charge on any atom is -0.376 e. The Labute approximate surface area is 119 Å². The number of carbonyl (C=O) groups is 1. The molecule has 1 unspecified atom stereocenters. The Morgan fingerprint density at radius 2 is 2.14 bits per heavy atom. The Bertz CT molecular complexity index is 524. The van der Waals surface area contributed by atoms with Gasteiger partial charge in [-0.05, 0) is 31.0 Å². The Morgan fingerprint density at radius 3 is 2.71 bits per heavy atom. The third kappa shape index (κ3) is 3.72. The first-order chi connectivity index (χ1) is 9.79. The fourth-order valence-electron chi connectivity index (χ4n) is 2.27. The first-order valence-electron chi connectivity index (χ1n) is 6.53. The van der Waals surface area contributed by atoms with Gasteiger partial charge in [-0.2, -0.15) is 13.2 Å². The number of halogens is 4. The minimum absolute atomic E-state index is 0.0958. The maximum Gasteiger partial charge on any atom is 0.419 e. The molecule has 21 heavy (non-hydrogen) atoms. The van der Waals surface area contributed by atoms with E-state index in [1.165, 1.54) is 11.9 Å². The van der Waals surface area contributed by atoms with E-state index in [0.29, 0.717) is 25.3 Å². The van der Waals surface area contributed by atoms with Gasteiger partial charge in [0.05, 0.1) is 11.7 Å². The quantitative estimate of drug-likeness (QED) is 0.803. The van der Waals surface area contributed by atoms with Crippen molar-refractivity contribution < 1.29 is 27.1 Å². The third-order valence-corrected chi connectivity index (χ3v) is 3.37. The first kappa shape index (κ1) is 15.8. The van der Waals surface area contributed by atoms with Crippen LogP contribution in [0.1, 0.15) is 28.8 Å². The summed E-state index contributed by atoms with van der Waals surface area (Å²) in [5.41, 5.74) is -1.62. The summed E-state index contributed by atoms with van der Waals surface area (Å²) in [6, 6.07) is 2.26. The lowest BCUT2D eigenvalue weighted by Crippen LogP contribution is -2.34. The second kappa shape index (κ2) is 6.01. The number of carbonyl (C=O) groups excluding carboxylic acids is 1. The lowest BCUT2D eigenvalue weighted by molar-refractivity contribution is -0.140. The minimum atomic E-state index is -4.83. The molecular weight excluding hydrogens is 290 g/mol. The van der Waals surface area contributed by atoms with Crippen molar-refractivity contribution in [3.8, 4) is 0 Å². The van der Waals surface area contributed by atoms with Crippen LogP contribution in [0.25, 0.3) is 0 Å². The molecule has 0 N–H and O–H groups in total. The van der Waals surface area contributed by atoms with E-state index in [1.807, 2.05) is 0 Å². The van der Waals surface area contributed by atoms with E-state index in [0.717, 1.165) is 18.9 Å². The molecule has 116 valence electrons. The second-order valence-corrected chi connectivity index (χ2v) is 5.01. The van der Waals surface area contributed by atoms with Gasteiger partial charge in [-0.3, -0.25) is 4.79 Å². The summed E-state index contributed by atoms with van der Waals surface area (Å²) in [5.74, 6) is -1.98. The molecule has 1 aliphatic rings. The second-order valence-electron chi connectivity index (χ2n) is 5.01. The van der Waals surface area contributed by atoms with Gasteiger partial charge in [0.2, 0.25) is 0 Å². The summed E-state index contributed by atoms with van der Waals surface area (Å²) in [5, 5.41) is 0. The van der Waals surface area contributed by atoms with E-state index < -0.39 is 23.5 Å². The van der Waals surface area contributed by atoms with Crippen LogP contribution >= 0.6 is 0 Å². The zero-order valence-corrected chi connectivity index (χ0v) is 11.4. The number of hydrogen-bond donors (Lipinski definition) is 0. The maximum absolute atomic E-state index is 13.2. The molecule has 0 radical (unpaired) electrons. The number of nitrogens with zero attached hydrogens (tertiary/aromatic N) is 1. The number of likely N-dealkylation sites (N-methyl/N-ethyl adjacent to an activating group) is 1. The molecule has 1 aromatic carbocycles. The molecule has 1 saturated heterocycles. The van der Waals surface area contributed by atoms with Crippen LogP contribution < -0.4 is 0 Å². The van der Waals surface area contributed by atoms with Gasteiger partial charge in [0, 0.05) is 25.8 Å². The topological polar surface area (TPSA) is 29.5 Å². The van der Waals surface area contributed by atoms with Crippen molar-refractivity contribution in [1.82, 2.24) is 4.90 Å². The summed E-state index contributed by atoms with van der Waals surface area (Å²) in [6.45, 7) is 0.930. The molecule has 7 heteroatoms. The molecule has 0 aliphatic carbocycles. The van der Waals surface area contributed by atoms with Gasteiger partial charge >= 0.3 is 6.18 Å². The zero-order valence-electron chi connectivity index (χ0n) is 11.4. The highest BCUT2D eigenvalue weighted by Gasteiger charge is 2.35. The standard InChI is InChI=1S/C14H15F4NO2/c1-19(8-10-3-2-6-21-10)13(20)9-4-5-12(15)11(7-9)14(16,17)18/h4-5,7,10H,2-3,6,8H2,1H3. The Balaban J connectivity index is 2.15. The molecular formula is C14H15F4NO2. The monoisotopic (exact) mass is 305 g/mol. The van der Waals surface area contributed by atoms with Gasteiger partial charge in [0.1, 0.15) is 5.82 Å². The van der Waals surface area contributed by atoms with Crippen LogP contribution in [-0.2, 0) is 10.9 Å². The Kier molecular flexibility index (Phi) is 4.51. The molecule has 0 spiro atoms. The zero-order chi connectivity index (χ0) is 15.6. The molecule has 3 nitrogen and oxygen atoms in total. The molecule has 1 aromatic rings. The molecule has 0 saturated carbocycles. The van der Waals surface area contributed by atoms with Gasteiger partial charge in [0.25, 0.3) is 5.91 Å². The van der Waals surface area contributed by atoms with E-state index in [4.69, 9.17) is 4.74 Å². The molecule has 0 aromatic heterocycles. The van der Waals surface area contributed by atoms with Crippen LogP contribution in [-0.4, -0.2) is 37.1 Å². The van der Waals surface area contributed by atoms with Crippen molar-refractivity contribution in [2.24, 2.45) is 0 Å². The van der Waals surface area contributed by atoms with E-state index >= 15 is 0 Å². The van der Waals surface area contributed by atoms with Crippen molar-refractivity contribution in [3.63, 3.8) is 0 Å². The van der Waals surface area contributed by atoms with Crippen LogP contribution in [0.3, 0.4) is 0 Å². The summed E-state index contributed by atoms with van der Waals surface area (Å²) in [4.78, 5) is 13.4. The smallest absolute Gasteiger partial charge is 0.376 e. The van der Waals surface area contributed by atoms with E-state index in [2.05, 4.69) is 0 Å². The maximum atomic E-state index is 13.2. The highest BCUT2D eigenvalue weighted by molar-refractivity contribution is 5.94. The predicted octanol–water partition coefficient (Wildman–Crippen LogP) is 3.10. The van der Waals surface area contributed by atoms with E-state index in [9.17, 15) is 22.4 Å². The largest absolute Gasteiger partial charge is 0.419 e. The first-order valence-corrected chi connectivity index (χ1v) is 6.53. The van der Waals surface area contributed by atoms with E-state index in [-0.39, 0.29) is 11.7 Å². The normalized spacial score (nSPS) is 18.8. The van der Waals surface area contributed by atoms with Crippen LogP contribution in [0, 0.1) is 5.82 Å². The number of alkyl halides is 3. The van der Waals surface area contributed by atoms with Crippen LogP contribution in [0.5, 0.6) is 0 Å². The Morgan fingerprint density at radius 1 is 1.43 bits per heavy atom. The van der Waals surface area contributed by atoms with Crippen molar-refractivity contribution in [2.75, 3.05) is 20.2 Å². The van der Waals surface area contributed by atoms with E-state index in [1.54, 1.807) is 0 Å². The van der Waals surface area contributed by atoms with Gasteiger partial charge < -0.3 is 9.64 Å². The van der Waals surface area contributed by atoms with Gasteiger partial charge in [-0.15, -0.1) is 0 Å². The van der Waals surface area contributed by atoms with Crippen LogP contribution in [0.4, 0.5) is 17.6 Å². The average Bonchev–Trinajstić information content (AvgIpc) is 2.90. The van der Waals surface area contributed by atoms with Crippen LogP contribution in [0.15, 0.2) is 18.2 Å². The summed E-state index contributed by atoms with van der Waals surface area (Å²) in [7, 11) is 1.49. The molecule has 2 rings (SSSR count). The van der Waals surface area contributed by atoms with Gasteiger partial charge in [0.15, 0.2) is 0 Å². The fourth-order valence-corrected chi connectivity index (χ4v) is 2.27. The predicted molar refractivity (Wildman–Crippen MR) is 67.3 cm³/mol. The van der Waals surface area contributed by atoms with Gasteiger partial charge in [-0.25, -0.2) is 4.39 Å². The molecule has 1 atom stereocenters. The molecule has 1 fully saturated rings. The summed E-state index contributed by atoms with van der Waals surface area (Å²) >= 11 is 0. The summed E-state index contributed by atoms with van der Waals surface area (Å²) < 4.78 is 56.5. The molecule has 1 heterocycles. The van der Waals surface area contributed by atoms with Crippen LogP contribution in [0.2, 0.25) is 0 Å². The molecule has 0 bridgehead atoms. The lowest BCUT2D eigenvalue weighted by atomic mass is 10.1. The van der Waals surface area contributed by atoms with Crippen molar-refractivity contribution in [1.29, 1.82) is 0 Å². The summed E-state index contributed by atoms with van der Waals surface area (Å²) in [6.07, 6.45) is -3.20. The highest BCUT2D eigenvalue weighted by atomic mass is 19.4. The van der Waals surface area contributed by atoms with Crippen molar-refractivity contribution in [2.45, 2.75) is 25.1 Å².